The molecule has 1 aromatic heterocycles. The van der Waals surface area contributed by atoms with Gasteiger partial charge in [-0.3, -0.25) is 0 Å². The number of nitrogens with two attached hydrogens (primary N) is 1. The predicted molar refractivity (Wildman–Crippen MR) is 70.3 cm³/mol. The summed E-state index contributed by atoms with van der Waals surface area (Å²) in [7, 11) is -0.890. The van der Waals surface area contributed by atoms with Crippen molar-refractivity contribution in [2.75, 3.05) is 25.9 Å². The van der Waals surface area contributed by atoms with Crippen LogP contribution in [-0.2, 0) is 21.8 Å². The topological polar surface area (TPSA) is 120 Å². The lowest BCUT2D eigenvalue weighted by Crippen LogP contribution is -2.38. The number of amides is 1. The van der Waals surface area contributed by atoms with E-state index in [-0.39, 0.29) is 23.4 Å². The van der Waals surface area contributed by atoms with Crippen molar-refractivity contribution < 1.29 is 17.9 Å². The first kappa shape index (κ1) is 14.6. The number of sulfonamides is 1. The second-order valence-corrected chi connectivity index (χ2v) is 6.38. The molecule has 20 heavy (non-hydrogen) atoms. The van der Waals surface area contributed by atoms with Crippen LogP contribution in [0.3, 0.4) is 0 Å². The monoisotopic (exact) mass is 303 g/mol. The van der Waals surface area contributed by atoms with Crippen molar-refractivity contribution in [1.29, 1.82) is 0 Å². The number of aryl methyl sites for hydroxylation is 1. The van der Waals surface area contributed by atoms with Crippen molar-refractivity contribution in [3.63, 3.8) is 0 Å². The highest BCUT2D eigenvalue weighted by Crippen LogP contribution is 2.24. The van der Waals surface area contributed by atoms with Gasteiger partial charge in [-0.15, -0.1) is 0 Å². The smallest absolute Gasteiger partial charge is 0.407 e. The number of nitrogen functional groups attached to an aromatic ring is 1. The van der Waals surface area contributed by atoms with Crippen LogP contribution in [0.1, 0.15) is 6.42 Å². The Morgan fingerprint density at radius 2 is 2.30 bits per heavy atom. The zero-order valence-electron chi connectivity index (χ0n) is 11.2. The van der Waals surface area contributed by atoms with E-state index in [9.17, 15) is 13.2 Å². The number of nitrogens with zero attached hydrogens (tertiary/aromatic N) is 3. The maximum atomic E-state index is 12.5. The molecule has 1 aliphatic heterocycles. The van der Waals surface area contributed by atoms with Crippen LogP contribution in [0.5, 0.6) is 0 Å². The molecule has 0 radical (unpaired) electrons. The zero-order chi connectivity index (χ0) is 14.9. The second kappa shape index (κ2) is 5.29. The van der Waals surface area contributed by atoms with Crippen LogP contribution >= 0.6 is 0 Å². The van der Waals surface area contributed by atoms with Crippen molar-refractivity contribution >= 4 is 21.9 Å². The molecule has 9 nitrogen and oxygen atoms in total. The van der Waals surface area contributed by atoms with Gasteiger partial charge in [-0.1, -0.05) is 0 Å². The first-order valence-electron chi connectivity index (χ1n) is 5.97. The molecule has 0 spiro atoms. The number of anilines is 1. The molecule has 1 atom stereocenters. The van der Waals surface area contributed by atoms with Crippen molar-refractivity contribution in [2.24, 2.45) is 7.05 Å². The van der Waals surface area contributed by atoms with E-state index in [0.717, 1.165) is 0 Å². The highest BCUT2D eigenvalue weighted by atomic mass is 32.2. The average Bonchev–Trinajstić information content (AvgIpc) is 2.97. The zero-order valence-corrected chi connectivity index (χ0v) is 12.1. The number of nitrogens with one attached hydrogen (secondary N) is 1. The maximum Gasteiger partial charge on any atom is 0.407 e. The molecular weight excluding hydrogens is 286 g/mol. The summed E-state index contributed by atoms with van der Waals surface area (Å²) < 4.78 is 32.1. The lowest BCUT2D eigenvalue weighted by atomic mass is 10.3. The van der Waals surface area contributed by atoms with E-state index in [2.05, 4.69) is 15.0 Å². The fraction of sp³-hybridized carbons (Fsp3) is 0.600. The summed E-state index contributed by atoms with van der Waals surface area (Å²) in [6.45, 7) is 0.490. The third-order valence-electron chi connectivity index (χ3n) is 3.15. The molecule has 0 aromatic carbocycles. The number of aromatic nitrogens is 2. The normalized spacial score (nSPS) is 20.0. The molecule has 2 rings (SSSR count). The van der Waals surface area contributed by atoms with Gasteiger partial charge in [0.1, 0.15) is 0 Å². The number of imidazole rings is 1. The van der Waals surface area contributed by atoms with Gasteiger partial charge in [0.25, 0.3) is 10.0 Å². The van der Waals surface area contributed by atoms with Gasteiger partial charge in [-0.05, 0) is 6.42 Å². The molecule has 2 heterocycles. The lowest BCUT2D eigenvalue weighted by molar-refractivity contribution is 0.167. The van der Waals surface area contributed by atoms with E-state index in [1.807, 2.05) is 0 Å². The third-order valence-corrected chi connectivity index (χ3v) is 5.15. The second-order valence-electron chi connectivity index (χ2n) is 4.53. The molecule has 112 valence electrons. The van der Waals surface area contributed by atoms with Crippen molar-refractivity contribution in [1.82, 2.24) is 19.2 Å². The van der Waals surface area contributed by atoms with Gasteiger partial charge in [-0.25, -0.2) is 18.2 Å². The fourth-order valence-corrected chi connectivity index (χ4v) is 3.86. The van der Waals surface area contributed by atoms with Crippen LogP contribution in [0.15, 0.2) is 11.4 Å². The SMILES string of the molecule is COC(=O)NC1CCN(S(=O)(=O)c2c(N)ncn2C)C1. The van der Waals surface area contributed by atoms with Gasteiger partial charge < -0.3 is 20.4 Å². The molecule has 1 aromatic rings. The lowest BCUT2D eigenvalue weighted by Gasteiger charge is -2.17. The first-order valence-corrected chi connectivity index (χ1v) is 7.41. The summed E-state index contributed by atoms with van der Waals surface area (Å²) in [5.74, 6) is -0.0307. The summed E-state index contributed by atoms with van der Waals surface area (Å²) in [5, 5.41) is 2.55. The highest BCUT2D eigenvalue weighted by molar-refractivity contribution is 7.89. The Morgan fingerprint density at radius 1 is 1.60 bits per heavy atom. The maximum absolute atomic E-state index is 12.5. The van der Waals surface area contributed by atoms with E-state index < -0.39 is 16.1 Å². The Kier molecular flexibility index (Phi) is 3.86. The van der Waals surface area contributed by atoms with Gasteiger partial charge in [0, 0.05) is 26.2 Å². The Balaban J connectivity index is 2.15. The number of ether oxygens (including phenoxy) is 1. The molecule has 1 unspecified atom stereocenters. The van der Waals surface area contributed by atoms with Crippen molar-refractivity contribution in [3.8, 4) is 0 Å². The molecule has 3 N–H and O–H groups in total. The molecule has 1 saturated heterocycles. The van der Waals surface area contributed by atoms with E-state index in [0.29, 0.717) is 13.0 Å². The summed E-state index contributed by atoms with van der Waals surface area (Å²) >= 11 is 0. The largest absolute Gasteiger partial charge is 0.453 e. The van der Waals surface area contributed by atoms with E-state index in [4.69, 9.17) is 5.73 Å². The molecule has 0 bridgehead atoms. The quantitative estimate of drug-likeness (QED) is 0.748. The van der Waals surface area contributed by atoms with Gasteiger partial charge >= 0.3 is 6.09 Å². The summed E-state index contributed by atoms with van der Waals surface area (Å²) in [4.78, 5) is 14.9. The van der Waals surface area contributed by atoms with Crippen LogP contribution < -0.4 is 11.1 Å². The number of methoxy groups -OCH3 is 1. The van der Waals surface area contributed by atoms with E-state index >= 15 is 0 Å². The number of carbonyl (C=O) groups is 1. The van der Waals surface area contributed by atoms with Crippen LogP contribution in [-0.4, -0.2) is 54.6 Å². The summed E-state index contributed by atoms with van der Waals surface area (Å²) in [6, 6.07) is -0.272. The molecular formula is C10H17N5O4S. The molecule has 0 saturated carbocycles. The van der Waals surface area contributed by atoms with Crippen LogP contribution in [0.4, 0.5) is 10.6 Å². The minimum atomic E-state index is -3.72. The minimum absolute atomic E-state index is 0.0307. The summed E-state index contributed by atoms with van der Waals surface area (Å²) in [6.07, 6.45) is 1.29. The van der Waals surface area contributed by atoms with Crippen molar-refractivity contribution in [3.05, 3.63) is 6.33 Å². The molecule has 1 fully saturated rings. The van der Waals surface area contributed by atoms with Crippen LogP contribution in [0.25, 0.3) is 0 Å². The Labute approximate surface area is 116 Å². The number of hydrogen-bond donors (Lipinski definition) is 2. The molecule has 0 aliphatic carbocycles. The third kappa shape index (κ3) is 2.56. The first-order chi connectivity index (χ1) is 9.36. The average molecular weight is 303 g/mol. The minimum Gasteiger partial charge on any atom is -0.453 e. The number of rotatable bonds is 3. The Bertz CT molecular complexity index is 592. The Morgan fingerprint density at radius 3 is 2.85 bits per heavy atom. The fourth-order valence-electron chi connectivity index (χ4n) is 2.16. The van der Waals surface area contributed by atoms with Crippen LogP contribution in [0.2, 0.25) is 0 Å². The van der Waals surface area contributed by atoms with E-state index in [1.165, 1.54) is 22.3 Å². The molecule has 1 aliphatic rings. The molecule has 10 heteroatoms. The van der Waals surface area contributed by atoms with E-state index in [1.54, 1.807) is 7.05 Å². The van der Waals surface area contributed by atoms with Gasteiger partial charge in [0.15, 0.2) is 10.8 Å². The van der Waals surface area contributed by atoms with Gasteiger partial charge in [0.2, 0.25) is 0 Å². The standard InChI is InChI=1S/C10H17N5O4S/c1-14-6-12-8(11)9(14)20(17,18)15-4-3-7(5-15)13-10(16)19-2/h6-7H,3-5,11H2,1-2H3,(H,13,16). The van der Waals surface area contributed by atoms with Crippen LogP contribution in [0, 0.1) is 0 Å². The number of carbonyl (C=O) groups excluding carboxylic acids is 1. The molecule has 1 amide bonds. The number of hydrogen-bond acceptors (Lipinski definition) is 6. The van der Waals surface area contributed by atoms with Gasteiger partial charge in [0.05, 0.1) is 13.4 Å². The highest BCUT2D eigenvalue weighted by Gasteiger charge is 2.36. The van der Waals surface area contributed by atoms with Gasteiger partial charge in [-0.2, -0.15) is 4.31 Å². The Hall–Kier alpha value is -1.81. The number of alkyl carbamates (subject to hydrolysis) is 1. The summed E-state index contributed by atoms with van der Waals surface area (Å²) in [5.41, 5.74) is 5.60. The predicted octanol–water partition coefficient (Wildman–Crippen LogP) is -0.879. The van der Waals surface area contributed by atoms with Crippen molar-refractivity contribution in [2.45, 2.75) is 17.5 Å².